The van der Waals surface area contributed by atoms with Crippen molar-refractivity contribution in [3.8, 4) is 0 Å². The first-order valence-corrected chi connectivity index (χ1v) is 13.8. The monoisotopic (exact) mass is 476 g/mol. The molecular weight excluding hydrogens is 441 g/mol. The summed E-state index contributed by atoms with van der Waals surface area (Å²) in [5.41, 5.74) is -0.470. The highest BCUT2D eigenvalue weighted by Gasteiger charge is 2.37. The molecule has 0 aromatic heterocycles. The third-order valence-corrected chi connectivity index (χ3v) is 9.74. The fourth-order valence-corrected chi connectivity index (χ4v) is 7.96. The van der Waals surface area contributed by atoms with Gasteiger partial charge in [0.25, 0.3) is 0 Å². The number of nitrogens with zero attached hydrogens (tertiary/aromatic N) is 1. The van der Waals surface area contributed by atoms with Crippen LogP contribution >= 0.6 is 7.49 Å². The van der Waals surface area contributed by atoms with Gasteiger partial charge >= 0.3 is 6.09 Å². The van der Waals surface area contributed by atoms with Gasteiger partial charge in [-0.25, -0.2) is 4.79 Å². The molecule has 1 fully saturated rings. The summed E-state index contributed by atoms with van der Waals surface area (Å²) in [6.07, 6.45) is 1.61. The molecule has 1 saturated heterocycles. The van der Waals surface area contributed by atoms with Gasteiger partial charge < -0.3 is 14.2 Å². The lowest BCUT2D eigenvalue weighted by atomic mass is 9.98. The predicted octanol–water partition coefficient (Wildman–Crippen LogP) is 5.56. The average Bonchev–Trinajstić information content (AvgIpc) is 2.86. The highest BCUT2D eigenvalue weighted by atomic mass is 31.2. The number of hydrogen-bond acceptors (Lipinski definition) is 3. The second-order valence-corrected chi connectivity index (χ2v) is 12.8. The Bertz CT molecular complexity index is 946. The highest BCUT2D eigenvalue weighted by Crippen LogP contribution is 2.56. The van der Waals surface area contributed by atoms with Gasteiger partial charge in [0.2, 0.25) is 0 Å². The lowest BCUT2D eigenvalue weighted by Crippen LogP contribution is -2.42. The van der Waals surface area contributed by atoms with Gasteiger partial charge in [-0.15, -0.1) is 0 Å². The van der Waals surface area contributed by atoms with Crippen LogP contribution in [-0.4, -0.2) is 36.3 Å². The van der Waals surface area contributed by atoms with E-state index >= 15 is 0 Å². The summed E-state index contributed by atoms with van der Waals surface area (Å²) in [5.74, 6) is 0.397. The van der Waals surface area contributed by atoms with Crippen molar-refractivity contribution < 1.29 is 14.1 Å². The van der Waals surface area contributed by atoms with Crippen molar-refractivity contribution in [1.82, 2.24) is 4.90 Å². The summed E-state index contributed by atoms with van der Waals surface area (Å²) >= 11 is 0. The third kappa shape index (κ3) is 5.68. The van der Waals surface area contributed by atoms with Crippen molar-refractivity contribution in [2.45, 2.75) is 39.2 Å². The molecule has 179 valence electrons. The van der Waals surface area contributed by atoms with E-state index in [4.69, 9.17) is 9.26 Å². The molecular formula is C29H35NO3P. The summed E-state index contributed by atoms with van der Waals surface area (Å²) in [6, 6.07) is 31.9. The fraction of sp³-hybridized carbons (Fsp3) is 0.345. The maximum absolute atomic E-state index is 12.5. The lowest BCUT2D eigenvalue weighted by Gasteiger charge is -2.40. The molecule has 5 heteroatoms. The maximum atomic E-state index is 12.5. The van der Waals surface area contributed by atoms with Crippen LogP contribution in [0.25, 0.3) is 0 Å². The van der Waals surface area contributed by atoms with Crippen molar-refractivity contribution >= 4 is 29.5 Å². The number of carbonyl (C=O) groups excluding carboxylic acids is 1. The number of hydrogen-bond donors (Lipinski definition) is 0. The van der Waals surface area contributed by atoms with E-state index in [1.807, 2.05) is 25.7 Å². The quantitative estimate of drug-likeness (QED) is 0.438. The van der Waals surface area contributed by atoms with Crippen LogP contribution in [0.4, 0.5) is 4.79 Å². The lowest BCUT2D eigenvalue weighted by molar-refractivity contribution is 0.0167. The predicted molar refractivity (Wildman–Crippen MR) is 142 cm³/mol. The molecule has 0 saturated carbocycles. The van der Waals surface area contributed by atoms with E-state index < -0.39 is 13.1 Å². The first-order valence-electron chi connectivity index (χ1n) is 12.1. The number of carbonyl (C=O) groups is 1. The van der Waals surface area contributed by atoms with E-state index in [1.54, 1.807) is 0 Å². The van der Waals surface area contributed by atoms with Crippen molar-refractivity contribution in [2.75, 3.05) is 19.7 Å². The Kier molecular flexibility index (Phi) is 7.70. The maximum Gasteiger partial charge on any atom is 0.410 e. The number of amides is 1. The van der Waals surface area contributed by atoms with Crippen molar-refractivity contribution in [1.29, 1.82) is 0 Å². The molecule has 3 aromatic carbocycles. The molecule has 4 rings (SSSR count). The topological polar surface area (TPSA) is 38.8 Å². The molecule has 0 N–H and O–H groups in total. The van der Waals surface area contributed by atoms with Gasteiger partial charge in [0, 0.05) is 29.0 Å². The summed E-state index contributed by atoms with van der Waals surface area (Å²) in [4.78, 5) is 14.3. The van der Waals surface area contributed by atoms with Crippen LogP contribution in [0.2, 0.25) is 0 Å². The molecule has 1 aliphatic rings. The molecule has 34 heavy (non-hydrogen) atoms. The number of rotatable bonds is 6. The first-order chi connectivity index (χ1) is 16.4. The standard InChI is InChI=1S/C29H35NO3P/c1-29(2,3)33-28(31)30-21-19-24(20-22-30)23-32-34(25-13-7-4-8-14-25,26-15-9-5-10-16-26)27-17-11-6-12-18-27/h4-18,24H,19-23H2,1-3H3. The van der Waals surface area contributed by atoms with Gasteiger partial charge in [0.05, 0.1) is 14.1 Å². The van der Waals surface area contributed by atoms with Gasteiger partial charge in [0.15, 0.2) is 0 Å². The van der Waals surface area contributed by atoms with Crippen LogP contribution in [0.5, 0.6) is 0 Å². The molecule has 3 aromatic rings. The Balaban J connectivity index is 1.57. The molecule has 1 radical (unpaired) electrons. The van der Waals surface area contributed by atoms with Crippen LogP contribution in [0.3, 0.4) is 0 Å². The fourth-order valence-electron chi connectivity index (χ4n) is 4.41. The minimum atomic E-state index is -2.29. The van der Waals surface area contributed by atoms with E-state index in [9.17, 15) is 4.79 Å². The SMILES string of the molecule is CC(C)(C)OC(=O)N1CCC(CO[P](c2ccccc2)(c2ccccc2)c2ccccc2)CC1. The zero-order valence-electron chi connectivity index (χ0n) is 20.4. The number of piperidine rings is 1. The smallest absolute Gasteiger partial charge is 0.410 e. The molecule has 1 aliphatic heterocycles. The number of likely N-dealkylation sites (tertiary alicyclic amines) is 1. The number of benzene rings is 3. The Morgan fingerprint density at radius 1 is 0.794 bits per heavy atom. The Morgan fingerprint density at radius 2 is 1.21 bits per heavy atom. The molecule has 1 heterocycles. The Labute approximate surface area is 204 Å². The summed E-state index contributed by atoms with van der Waals surface area (Å²) in [6.45, 7) is 7.80. The van der Waals surface area contributed by atoms with Crippen molar-refractivity contribution in [3.05, 3.63) is 91.0 Å². The van der Waals surface area contributed by atoms with E-state index in [-0.39, 0.29) is 6.09 Å². The van der Waals surface area contributed by atoms with E-state index in [1.165, 1.54) is 15.9 Å². The third-order valence-electron chi connectivity index (χ3n) is 6.13. The van der Waals surface area contributed by atoms with Crippen molar-refractivity contribution in [3.63, 3.8) is 0 Å². The molecule has 0 spiro atoms. The van der Waals surface area contributed by atoms with Gasteiger partial charge in [-0.05, 0) is 39.5 Å². The van der Waals surface area contributed by atoms with E-state index in [0.29, 0.717) is 25.6 Å². The van der Waals surface area contributed by atoms with E-state index in [0.717, 1.165) is 12.8 Å². The number of ether oxygens (including phenoxy) is 1. The summed E-state index contributed by atoms with van der Waals surface area (Å²) < 4.78 is 12.6. The Morgan fingerprint density at radius 3 is 1.59 bits per heavy atom. The highest BCUT2D eigenvalue weighted by molar-refractivity contribution is 7.91. The molecule has 4 nitrogen and oxygen atoms in total. The van der Waals surface area contributed by atoms with Crippen LogP contribution < -0.4 is 15.9 Å². The average molecular weight is 477 g/mol. The second kappa shape index (κ2) is 10.7. The molecule has 1 amide bonds. The van der Waals surface area contributed by atoms with Gasteiger partial charge in [-0.2, -0.15) is 0 Å². The largest absolute Gasteiger partial charge is 0.444 e. The molecule has 0 atom stereocenters. The molecule has 0 aliphatic carbocycles. The van der Waals surface area contributed by atoms with Gasteiger partial charge in [-0.3, -0.25) is 0 Å². The second-order valence-electron chi connectivity index (χ2n) is 9.82. The minimum absolute atomic E-state index is 0.216. The first kappa shape index (κ1) is 24.4. The minimum Gasteiger partial charge on any atom is -0.444 e. The normalized spacial score (nSPS) is 15.2. The molecule has 0 unspecified atom stereocenters. The van der Waals surface area contributed by atoms with Crippen molar-refractivity contribution in [2.24, 2.45) is 5.92 Å². The Hall–Kier alpha value is -2.68. The van der Waals surface area contributed by atoms with Crippen LogP contribution in [0.15, 0.2) is 91.0 Å². The van der Waals surface area contributed by atoms with E-state index in [2.05, 4.69) is 91.0 Å². The zero-order valence-corrected chi connectivity index (χ0v) is 21.3. The summed E-state index contributed by atoms with van der Waals surface area (Å²) in [7, 11) is -2.29. The molecule has 0 bridgehead atoms. The van der Waals surface area contributed by atoms with Gasteiger partial charge in [0.1, 0.15) is 5.60 Å². The van der Waals surface area contributed by atoms with Crippen LogP contribution in [0, 0.1) is 5.92 Å². The van der Waals surface area contributed by atoms with Gasteiger partial charge in [-0.1, -0.05) is 91.0 Å². The zero-order chi connectivity index (χ0) is 24.0. The summed E-state index contributed by atoms with van der Waals surface area (Å²) in [5, 5.41) is 3.66. The van der Waals surface area contributed by atoms with Crippen LogP contribution in [0.1, 0.15) is 33.6 Å². The van der Waals surface area contributed by atoms with Crippen LogP contribution in [-0.2, 0) is 9.26 Å².